The van der Waals surface area contributed by atoms with Crippen LogP contribution in [0.4, 0.5) is 5.69 Å². The molecule has 3 heteroatoms. The van der Waals surface area contributed by atoms with Crippen LogP contribution in [-0.4, -0.2) is 4.98 Å². The lowest BCUT2D eigenvalue weighted by Gasteiger charge is -2.09. The monoisotopic (exact) mass is 290 g/mol. The molecule has 1 aromatic heterocycles. The van der Waals surface area contributed by atoms with Gasteiger partial charge in [-0.05, 0) is 48.7 Å². The molecule has 0 saturated heterocycles. The second kappa shape index (κ2) is 5.32. The number of aryl methyl sites for hydroxylation is 2. The van der Waals surface area contributed by atoms with Gasteiger partial charge in [0.15, 0.2) is 0 Å². The third kappa shape index (κ3) is 3.07. The molecule has 1 aromatic carbocycles. The molecule has 0 aliphatic carbocycles. The summed E-state index contributed by atoms with van der Waals surface area (Å²) in [4.78, 5) is 4.14. The number of aromatic nitrogens is 1. The average molecular weight is 291 g/mol. The van der Waals surface area contributed by atoms with Crippen molar-refractivity contribution in [3.05, 3.63) is 57.8 Å². The van der Waals surface area contributed by atoms with E-state index >= 15 is 0 Å². The standard InChI is InChI=1S/C14H15BrN2/c1-10-5-6-16-8-12(10)9-17-13-4-3-11(2)14(15)7-13/h3-8,17H,9H2,1-2H3. The van der Waals surface area contributed by atoms with Crippen LogP contribution in [-0.2, 0) is 6.54 Å². The van der Waals surface area contributed by atoms with Crippen molar-refractivity contribution in [1.82, 2.24) is 4.98 Å². The first-order chi connectivity index (χ1) is 8.16. The Morgan fingerprint density at radius 2 is 2.00 bits per heavy atom. The van der Waals surface area contributed by atoms with Crippen molar-refractivity contribution >= 4 is 21.6 Å². The van der Waals surface area contributed by atoms with Gasteiger partial charge >= 0.3 is 0 Å². The highest BCUT2D eigenvalue weighted by atomic mass is 79.9. The quantitative estimate of drug-likeness (QED) is 0.922. The molecule has 0 spiro atoms. The summed E-state index contributed by atoms with van der Waals surface area (Å²) >= 11 is 3.53. The van der Waals surface area contributed by atoms with Crippen LogP contribution < -0.4 is 5.32 Å². The minimum atomic E-state index is 0.801. The molecule has 0 aliphatic heterocycles. The molecule has 17 heavy (non-hydrogen) atoms. The Morgan fingerprint density at radius 3 is 2.71 bits per heavy atom. The Hall–Kier alpha value is -1.35. The number of hydrogen-bond donors (Lipinski definition) is 1. The van der Waals surface area contributed by atoms with Gasteiger partial charge in [0.2, 0.25) is 0 Å². The molecule has 0 saturated carbocycles. The SMILES string of the molecule is Cc1ccc(NCc2cnccc2C)cc1Br. The number of pyridine rings is 1. The van der Waals surface area contributed by atoms with E-state index < -0.39 is 0 Å². The minimum Gasteiger partial charge on any atom is -0.381 e. The summed E-state index contributed by atoms with van der Waals surface area (Å²) in [6.07, 6.45) is 3.73. The predicted octanol–water partition coefficient (Wildman–Crippen LogP) is 4.07. The van der Waals surface area contributed by atoms with Gasteiger partial charge in [0.25, 0.3) is 0 Å². The Kier molecular flexibility index (Phi) is 3.79. The molecule has 0 radical (unpaired) electrons. The maximum absolute atomic E-state index is 4.14. The van der Waals surface area contributed by atoms with Crippen molar-refractivity contribution in [3.63, 3.8) is 0 Å². The third-order valence-electron chi connectivity index (χ3n) is 2.80. The number of halogens is 1. The fraction of sp³-hybridized carbons (Fsp3) is 0.214. The lowest BCUT2D eigenvalue weighted by atomic mass is 10.1. The lowest BCUT2D eigenvalue weighted by Crippen LogP contribution is -2.01. The van der Waals surface area contributed by atoms with Gasteiger partial charge in [0.05, 0.1) is 0 Å². The highest BCUT2D eigenvalue weighted by Crippen LogP contribution is 2.21. The molecule has 0 amide bonds. The van der Waals surface area contributed by atoms with Crippen LogP contribution in [0, 0.1) is 13.8 Å². The number of rotatable bonds is 3. The van der Waals surface area contributed by atoms with Crippen molar-refractivity contribution in [2.75, 3.05) is 5.32 Å². The van der Waals surface area contributed by atoms with Gasteiger partial charge in [-0.15, -0.1) is 0 Å². The van der Waals surface area contributed by atoms with Gasteiger partial charge in [-0.2, -0.15) is 0 Å². The van der Waals surface area contributed by atoms with Gasteiger partial charge in [-0.1, -0.05) is 22.0 Å². The summed E-state index contributed by atoms with van der Waals surface area (Å²) in [6, 6.07) is 8.32. The molecule has 0 aliphatic rings. The zero-order valence-corrected chi connectivity index (χ0v) is 11.6. The minimum absolute atomic E-state index is 0.801. The van der Waals surface area contributed by atoms with E-state index in [1.54, 1.807) is 0 Å². The smallest absolute Gasteiger partial charge is 0.0418 e. The number of nitrogens with one attached hydrogen (secondary N) is 1. The van der Waals surface area contributed by atoms with E-state index in [0.29, 0.717) is 0 Å². The van der Waals surface area contributed by atoms with E-state index in [9.17, 15) is 0 Å². The number of hydrogen-bond acceptors (Lipinski definition) is 2. The molecule has 0 unspecified atom stereocenters. The fourth-order valence-electron chi connectivity index (χ4n) is 1.58. The highest BCUT2D eigenvalue weighted by molar-refractivity contribution is 9.10. The van der Waals surface area contributed by atoms with E-state index in [1.807, 2.05) is 18.5 Å². The molecular formula is C14H15BrN2. The summed E-state index contributed by atoms with van der Waals surface area (Å²) < 4.78 is 1.13. The van der Waals surface area contributed by atoms with Crippen LogP contribution in [0.5, 0.6) is 0 Å². The molecule has 0 atom stereocenters. The maximum atomic E-state index is 4.14. The summed E-state index contributed by atoms with van der Waals surface area (Å²) in [5.41, 5.74) is 4.85. The molecule has 1 N–H and O–H groups in total. The van der Waals surface area contributed by atoms with Crippen LogP contribution in [0.2, 0.25) is 0 Å². The van der Waals surface area contributed by atoms with Crippen LogP contribution in [0.1, 0.15) is 16.7 Å². The molecule has 2 aromatic rings. The maximum Gasteiger partial charge on any atom is 0.0418 e. The lowest BCUT2D eigenvalue weighted by molar-refractivity contribution is 1.08. The molecular weight excluding hydrogens is 276 g/mol. The fourth-order valence-corrected chi connectivity index (χ4v) is 1.96. The van der Waals surface area contributed by atoms with Crippen molar-refractivity contribution in [3.8, 4) is 0 Å². The van der Waals surface area contributed by atoms with Gasteiger partial charge in [0.1, 0.15) is 0 Å². The zero-order chi connectivity index (χ0) is 12.3. The summed E-state index contributed by atoms with van der Waals surface area (Å²) in [7, 11) is 0. The molecule has 88 valence electrons. The van der Waals surface area contributed by atoms with Crippen molar-refractivity contribution in [1.29, 1.82) is 0 Å². The van der Waals surface area contributed by atoms with Crippen LogP contribution in [0.3, 0.4) is 0 Å². The number of benzene rings is 1. The molecule has 0 bridgehead atoms. The van der Waals surface area contributed by atoms with Crippen molar-refractivity contribution < 1.29 is 0 Å². The highest BCUT2D eigenvalue weighted by Gasteiger charge is 1.99. The zero-order valence-electron chi connectivity index (χ0n) is 10.00. The van der Waals surface area contributed by atoms with Crippen molar-refractivity contribution in [2.45, 2.75) is 20.4 Å². The molecule has 1 heterocycles. The molecule has 0 fully saturated rings. The molecule has 2 rings (SSSR count). The van der Waals surface area contributed by atoms with E-state index in [-0.39, 0.29) is 0 Å². The Balaban J connectivity index is 2.08. The average Bonchev–Trinajstić information content (AvgIpc) is 2.32. The normalized spacial score (nSPS) is 10.3. The van der Waals surface area contributed by atoms with E-state index in [0.717, 1.165) is 16.7 Å². The van der Waals surface area contributed by atoms with Gasteiger partial charge in [-0.25, -0.2) is 0 Å². The predicted molar refractivity (Wildman–Crippen MR) is 75.2 cm³/mol. The summed E-state index contributed by atoms with van der Waals surface area (Å²) in [5.74, 6) is 0. The third-order valence-corrected chi connectivity index (χ3v) is 3.66. The van der Waals surface area contributed by atoms with Crippen molar-refractivity contribution in [2.24, 2.45) is 0 Å². The molecule has 2 nitrogen and oxygen atoms in total. The first-order valence-corrected chi connectivity index (χ1v) is 6.35. The first kappa shape index (κ1) is 12.1. The topological polar surface area (TPSA) is 24.9 Å². The van der Waals surface area contributed by atoms with E-state index in [1.165, 1.54) is 16.7 Å². The van der Waals surface area contributed by atoms with Gasteiger partial charge in [-0.3, -0.25) is 4.98 Å². The first-order valence-electron chi connectivity index (χ1n) is 5.56. The largest absolute Gasteiger partial charge is 0.381 e. The summed E-state index contributed by atoms with van der Waals surface area (Å²) in [5, 5.41) is 3.40. The van der Waals surface area contributed by atoms with Gasteiger partial charge < -0.3 is 5.32 Å². The second-order valence-electron chi connectivity index (χ2n) is 4.12. The Labute approximate surface area is 110 Å². The van der Waals surface area contributed by atoms with E-state index in [2.05, 4.69) is 58.3 Å². The van der Waals surface area contributed by atoms with Crippen LogP contribution in [0.15, 0.2) is 41.1 Å². The van der Waals surface area contributed by atoms with Crippen LogP contribution >= 0.6 is 15.9 Å². The van der Waals surface area contributed by atoms with E-state index in [4.69, 9.17) is 0 Å². The van der Waals surface area contributed by atoms with Crippen LogP contribution in [0.25, 0.3) is 0 Å². The number of nitrogens with zero attached hydrogens (tertiary/aromatic N) is 1. The number of anilines is 1. The Morgan fingerprint density at radius 1 is 1.18 bits per heavy atom. The summed E-state index contributed by atoms with van der Waals surface area (Å²) in [6.45, 7) is 4.98. The second-order valence-corrected chi connectivity index (χ2v) is 4.97. The Bertz CT molecular complexity index is 523. The van der Waals surface area contributed by atoms with Gasteiger partial charge in [0, 0.05) is 29.1 Å².